The molecule has 0 aromatic heterocycles. The van der Waals surface area contributed by atoms with Gasteiger partial charge in [0, 0.05) is 36.7 Å². The third-order valence-corrected chi connectivity index (χ3v) is 15.8. The van der Waals surface area contributed by atoms with Gasteiger partial charge in [0.2, 0.25) is 41.4 Å². The number of aliphatic carboxylic acids is 1. The van der Waals surface area contributed by atoms with Crippen molar-refractivity contribution in [3.05, 3.63) is 150 Å². The Morgan fingerprint density at radius 1 is 0.544 bits per heavy atom. The molecule has 6 rings (SSSR count). The zero-order valence-electron chi connectivity index (χ0n) is 43.8. The molecular weight excluding hydrogens is 1050 g/mol. The summed E-state index contributed by atoms with van der Waals surface area (Å²) in [5.74, 6) is -8.54. The number of amides is 7. The van der Waals surface area contributed by atoms with Crippen LogP contribution in [-0.2, 0) is 57.6 Å². The largest absolute Gasteiger partial charge is 0.508 e. The highest BCUT2D eigenvalue weighted by Gasteiger charge is 2.38. The molecule has 0 bridgehead atoms. The van der Waals surface area contributed by atoms with Gasteiger partial charge in [0.25, 0.3) is 0 Å². The minimum absolute atomic E-state index is 0.0163. The van der Waals surface area contributed by atoms with Crippen LogP contribution in [0.1, 0.15) is 61.3 Å². The number of carboxylic acid groups (broad SMARTS) is 1. The molecule has 0 spiro atoms. The lowest BCUT2D eigenvalue weighted by Crippen LogP contribution is -2.62. The number of unbranched alkanes of at least 4 members (excludes halogenated alkanes) is 1. The molecule has 420 valence electrons. The molecule has 1 saturated heterocycles. The van der Waals surface area contributed by atoms with Gasteiger partial charge in [-0.3, -0.25) is 33.6 Å². The predicted octanol–water partition coefficient (Wildman–Crippen LogP) is 2.09. The second-order valence-electron chi connectivity index (χ2n) is 19.5. The Balaban J connectivity index is 1.42. The zero-order valence-corrected chi connectivity index (χ0v) is 45.5. The fourth-order valence-corrected chi connectivity index (χ4v) is 11.1. The summed E-state index contributed by atoms with van der Waals surface area (Å²) in [7, 11) is 2.04. The van der Waals surface area contributed by atoms with Gasteiger partial charge in [0.15, 0.2) is 0 Å². The molecule has 14 N–H and O–H groups in total. The van der Waals surface area contributed by atoms with Gasteiger partial charge in [-0.05, 0) is 77.9 Å². The second kappa shape index (κ2) is 30.0. The van der Waals surface area contributed by atoms with Crippen molar-refractivity contribution in [2.24, 2.45) is 11.5 Å². The molecule has 0 aliphatic carbocycles. The number of hydrogen-bond donors (Lipinski definition) is 12. The highest BCUT2D eigenvalue weighted by molar-refractivity contribution is 8.76. The Morgan fingerprint density at radius 3 is 1.59 bits per heavy atom. The van der Waals surface area contributed by atoms with Gasteiger partial charge in [-0.25, -0.2) is 4.79 Å². The van der Waals surface area contributed by atoms with Crippen LogP contribution in [0.25, 0.3) is 10.8 Å². The number of aliphatic hydroxyl groups excluding tert-OH is 1. The van der Waals surface area contributed by atoms with Gasteiger partial charge >= 0.3 is 5.97 Å². The number of hydrogen-bond acceptors (Lipinski definition) is 14. The molecule has 0 saturated carbocycles. The van der Waals surface area contributed by atoms with Crippen LogP contribution in [-0.4, -0.2) is 135 Å². The van der Waals surface area contributed by atoms with Crippen LogP contribution < -0.4 is 48.7 Å². The molecule has 20 nitrogen and oxygen atoms in total. The number of benzene rings is 5. The highest BCUT2D eigenvalue weighted by atomic mass is 33.1. The summed E-state index contributed by atoms with van der Waals surface area (Å²) in [6, 6.07) is 24.9. The van der Waals surface area contributed by atoms with E-state index in [-0.39, 0.29) is 49.5 Å². The Hall–Kier alpha value is -7.50. The van der Waals surface area contributed by atoms with Crippen LogP contribution in [0, 0.1) is 0 Å². The van der Waals surface area contributed by atoms with Gasteiger partial charge in [0.05, 0.1) is 12.1 Å². The first-order chi connectivity index (χ1) is 37.9. The monoisotopic (exact) mass is 1120 g/mol. The van der Waals surface area contributed by atoms with Gasteiger partial charge in [-0.2, -0.15) is 0 Å². The molecule has 5 aromatic rings. The fraction of sp³-hybridized carbons (Fsp3) is 0.368. The second-order valence-corrected chi connectivity index (χ2v) is 22.0. The van der Waals surface area contributed by atoms with Crippen LogP contribution in [0.2, 0.25) is 0 Å². The third kappa shape index (κ3) is 18.3. The van der Waals surface area contributed by atoms with E-state index < -0.39 is 108 Å². The number of carboxylic acids is 1. The molecule has 1 aliphatic rings. The molecule has 1 heterocycles. The minimum atomic E-state index is -1.71. The average molecular weight is 1120 g/mol. The first-order valence-corrected chi connectivity index (χ1v) is 28.5. The predicted molar refractivity (Wildman–Crippen MR) is 303 cm³/mol. The Labute approximate surface area is 466 Å². The van der Waals surface area contributed by atoms with E-state index in [9.17, 15) is 44.1 Å². The molecule has 10 atom stereocenters. The quantitative estimate of drug-likeness (QED) is 0.0560. The maximum absolute atomic E-state index is 15.1. The number of nitrogens with one attached hydrogen (secondary N) is 7. The summed E-state index contributed by atoms with van der Waals surface area (Å²) in [5, 5.41) is 52.0. The normalized spacial score (nSPS) is 23.6. The smallest absolute Gasteiger partial charge is 0.327 e. The third-order valence-electron chi connectivity index (χ3n) is 13.4. The molecule has 1 fully saturated rings. The van der Waals surface area contributed by atoms with E-state index in [0.29, 0.717) is 35.1 Å². The number of nitrogens with two attached hydrogens (primary N) is 2. The number of carbonyl (C=O) groups is 8. The van der Waals surface area contributed by atoms with Gasteiger partial charge < -0.3 is 64.0 Å². The SMILES string of the molecule is C[C@@H](O)[C@H]1NC(=O)[C@H](CCCCN)NC(=O)[C@H]([C@@H](C)c2ccc3ccccc3c2)NC(=O)[C@H](Cc2ccc(O)cc2)NC(=O)[C@@H](Cc2ccccc2)NC(=O)[C@H](N)CSSC[C@@H](C(=O)O)NC(=O)[C@H](Cc2ccccc2)NC1=O. The number of aliphatic hydroxyl groups is 1. The van der Waals surface area contributed by atoms with Crippen molar-refractivity contribution < 1.29 is 53.7 Å². The number of aromatic hydroxyl groups is 1. The van der Waals surface area contributed by atoms with E-state index in [0.717, 1.165) is 32.4 Å². The van der Waals surface area contributed by atoms with Crippen LogP contribution >= 0.6 is 21.6 Å². The Kier molecular flexibility index (Phi) is 23.1. The van der Waals surface area contributed by atoms with Crippen LogP contribution in [0.4, 0.5) is 0 Å². The summed E-state index contributed by atoms with van der Waals surface area (Å²) < 4.78 is 0. The van der Waals surface area contributed by atoms with Crippen molar-refractivity contribution in [2.45, 2.75) is 113 Å². The van der Waals surface area contributed by atoms with Crippen molar-refractivity contribution >= 4 is 79.7 Å². The summed E-state index contributed by atoms with van der Waals surface area (Å²) in [6.45, 7) is 3.20. The molecule has 1 aliphatic heterocycles. The Morgan fingerprint density at radius 2 is 1.01 bits per heavy atom. The topological polar surface area (TPSA) is 333 Å². The lowest BCUT2D eigenvalue weighted by molar-refractivity contribution is -0.141. The zero-order chi connectivity index (χ0) is 57.0. The van der Waals surface area contributed by atoms with Crippen LogP contribution in [0.5, 0.6) is 5.75 Å². The van der Waals surface area contributed by atoms with E-state index in [1.54, 1.807) is 85.8 Å². The number of carbonyl (C=O) groups excluding carboxylic acids is 7. The summed E-state index contributed by atoms with van der Waals surface area (Å²) in [5.41, 5.74) is 14.6. The maximum atomic E-state index is 15.1. The molecule has 79 heavy (non-hydrogen) atoms. The van der Waals surface area contributed by atoms with Gasteiger partial charge in [-0.1, -0.05) is 144 Å². The lowest BCUT2D eigenvalue weighted by Gasteiger charge is -2.31. The van der Waals surface area contributed by atoms with Crippen LogP contribution in [0.3, 0.4) is 0 Å². The molecule has 5 aromatic carbocycles. The average Bonchev–Trinajstić information content (AvgIpc) is 3.46. The Bertz CT molecular complexity index is 2890. The van der Waals surface area contributed by atoms with Gasteiger partial charge in [0.1, 0.15) is 48.0 Å². The van der Waals surface area contributed by atoms with E-state index in [4.69, 9.17) is 11.5 Å². The number of rotatable bonds is 14. The summed E-state index contributed by atoms with van der Waals surface area (Å²) in [4.78, 5) is 114. The molecule has 7 amide bonds. The van der Waals surface area contributed by atoms with E-state index in [2.05, 4.69) is 37.2 Å². The summed E-state index contributed by atoms with van der Waals surface area (Å²) >= 11 is 0. The number of phenolic OH excluding ortho intramolecular Hbond substituents is 1. The first-order valence-electron chi connectivity index (χ1n) is 26.0. The van der Waals surface area contributed by atoms with E-state index in [1.165, 1.54) is 19.1 Å². The molecule has 0 radical (unpaired) electrons. The van der Waals surface area contributed by atoms with Crippen molar-refractivity contribution in [2.75, 3.05) is 18.1 Å². The maximum Gasteiger partial charge on any atom is 0.327 e. The first kappa shape index (κ1) is 60.7. The fourth-order valence-electron chi connectivity index (χ4n) is 8.81. The lowest BCUT2D eigenvalue weighted by atomic mass is 9.90. The molecule has 22 heteroatoms. The van der Waals surface area contributed by atoms with Gasteiger partial charge in [-0.15, -0.1) is 0 Å². The van der Waals surface area contributed by atoms with Crippen molar-refractivity contribution in [1.82, 2.24) is 37.2 Å². The number of phenols is 1. The van der Waals surface area contributed by atoms with Crippen molar-refractivity contribution in [3.8, 4) is 5.75 Å². The minimum Gasteiger partial charge on any atom is -0.508 e. The standard InChI is InChI=1S/C57H69N9O11S2/c1-33(39-23-22-38-17-9-10-18-40(38)30-39)48-55(74)60-43(19-11-12-26-58)51(70)66-49(34(2)67)56(75)63-45(28-36-15-7-4-8-16-36)53(72)64-47(57(76)77)32-79-78-31-42(59)50(69)61-44(27-35-13-5-3-6-14-35)52(71)62-46(54(73)65-48)29-37-20-24-41(68)25-21-37/h3-10,13-18,20-25,30,33-34,42-49,67-68H,11-12,19,26-29,31-32,58-59H2,1-2H3,(H,60,74)(H,61,69)(H,62,71)(H,63,75)(H,64,72)(H,65,73)(H,66,70)(H,76,77)/t33-,34+,42+,43-,44+,45-,46-,47-,48-,49+/m0/s1. The van der Waals surface area contributed by atoms with E-state index >= 15 is 9.59 Å². The summed E-state index contributed by atoms with van der Waals surface area (Å²) in [6.07, 6.45) is -1.18. The van der Waals surface area contributed by atoms with E-state index in [1.807, 2.05) is 36.4 Å². The number of fused-ring (bicyclic) bond motifs is 1. The van der Waals surface area contributed by atoms with Crippen molar-refractivity contribution in [3.63, 3.8) is 0 Å². The molecule has 0 unspecified atom stereocenters. The van der Waals surface area contributed by atoms with Crippen molar-refractivity contribution in [1.29, 1.82) is 0 Å². The molecular formula is C57H69N9O11S2. The van der Waals surface area contributed by atoms with Crippen LogP contribution in [0.15, 0.2) is 127 Å². The highest BCUT2D eigenvalue weighted by Crippen LogP contribution is 2.26.